The van der Waals surface area contributed by atoms with Crippen molar-refractivity contribution in [2.45, 2.75) is 69.6 Å². The number of carbonyl (C=O) groups excluding carboxylic acids is 3. The molecule has 0 bridgehead atoms. The first-order valence-corrected chi connectivity index (χ1v) is 12.1. The van der Waals surface area contributed by atoms with Crippen molar-refractivity contribution in [1.82, 2.24) is 20.4 Å². The van der Waals surface area contributed by atoms with Gasteiger partial charge >= 0.3 is 17.8 Å². The number of likely N-dealkylation sites (tertiary alicyclic amines) is 1. The van der Waals surface area contributed by atoms with Crippen molar-refractivity contribution in [2.75, 3.05) is 33.8 Å². The second kappa shape index (κ2) is 12.0. The van der Waals surface area contributed by atoms with Gasteiger partial charge in [0.05, 0.1) is 24.8 Å². The van der Waals surface area contributed by atoms with E-state index in [2.05, 4.69) is 34.9 Å². The number of carbonyl (C=O) groups is 3. The summed E-state index contributed by atoms with van der Waals surface area (Å²) in [5.41, 5.74) is 1.39. The zero-order valence-electron chi connectivity index (χ0n) is 20.1. The van der Waals surface area contributed by atoms with E-state index in [0.717, 1.165) is 32.1 Å². The molecule has 0 aromatic heterocycles. The summed E-state index contributed by atoms with van der Waals surface area (Å²) in [7, 11) is 3.10. The summed E-state index contributed by atoms with van der Waals surface area (Å²) in [6.07, 6.45) is 5.72. The molecule has 0 radical (unpaired) electrons. The van der Waals surface area contributed by atoms with Crippen molar-refractivity contribution in [3.8, 4) is 0 Å². The van der Waals surface area contributed by atoms with Gasteiger partial charge in [-0.2, -0.15) is 0 Å². The molecule has 1 aliphatic carbocycles. The van der Waals surface area contributed by atoms with Crippen LogP contribution in [0.25, 0.3) is 0 Å². The van der Waals surface area contributed by atoms with Crippen LogP contribution in [0.4, 0.5) is 4.79 Å². The summed E-state index contributed by atoms with van der Waals surface area (Å²) in [6, 6.07) is 9.83. The molecule has 1 aliphatic heterocycles. The molecule has 2 unspecified atom stereocenters. The van der Waals surface area contributed by atoms with E-state index in [0.29, 0.717) is 32.0 Å². The van der Waals surface area contributed by atoms with Gasteiger partial charge in [-0.25, -0.2) is 4.79 Å². The fraction of sp³-hybridized carbons (Fsp3) is 0.640. The minimum absolute atomic E-state index is 0.141. The molecule has 2 aliphatic rings. The predicted octanol–water partition coefficient (Wildman–Crippen LogP) is 2.50. The number of urea groups is 1. The highest BCUT2D eigenvalue weighted by Gasteiger charge is 2.37. The Balaban J connectivity index is 1.61. The molecule has 2 fully saturated rings. The van der Waals surface area contributed by atoms with Crippen molar-refractivity contribution in [3.63, 3.8) is 0 Å². The maximum atomic E-state index is 12.7. The summed E-state index contributed by atoms with van der Waals surface area (Å²) < 4.78 is 6.32. The van der Waals surface area contributed by atoms with Crippen LogP contribution in [-0.2, 0) is 14.3 Å². The highest BCUT2D eigenvalue weighted by Crippen LogP contribution is 2.34. The number of piperidine rings is 1. The molecule has 1 saturated heterocycles. The maximum absolute atomic E-state index is 12.7. The van der Waals surface area contributed by atoms with Crippen molar-refractivity contribution in [2.24, 2.45) is 0 Å². The van der Waals surface area contributed by atoms with Crippen LogP contribution in [0.1, 0.15) is 56.9 Å². The van der Waals surface area contributed by atoms with Gasteiger partial charge in [-0.15, -0.1) is 0 Å². The van der Waals surface area contributed by atoms with Crippen molar-refractivity contribution < 1.29 is 19.1 Å². The Morgan fingerprint density at radius 2 is 1.76 bits per heavy atom. The third kappa shape index (κ3) is 6.69. The van der Waals surface area contributed by atoms with Crippen LogP contribution >= 0.6 is 0 Å². The SMILES string of the molecule is CCNC(=O)N1CCCC(NC(=O)C(=O)N(C)C)C1CO[C@H]1CC[C@@H](c2ccccc2)CC1. The molecule has 33 heavy (non-hydrogen) atoms. The largest absolute Gasteiger partial charge is 0.376 e. The zero-order valence-corrected chi connectivity index (χ0v) is 20.1. The van der Waals surface area contributed by atoms with E-state index in [1.54, 1.807) is 19.0 Å². The molecule has 1 aromatic rings. The van der Waals surface area contributed by atoms with E-state index < -0.39 is 11.8 Å². The van der Waals surface area contributed by atoms with Crippen LogP contribution < -0.4 is 10.6 Å². The topological polar surface area (TPSA) is 91.0 Å². The third-order valence-electron chi connectivity index (χ3n) is 6.73. The molecule has 1 heterocycles. The summed E-state index contributed by atoms with van der Waals surface area (Å²) >= 11 is 0. The van der Waals surface area contributed by atoms with E-state index in [9.17, 15) is 14.4 Å². The number of nitrogens with zero attached hydrogens (tertiary/aromatic N) is 2. The lowest BCUT2D eigenvalue weighted by atomic mass is 9.83. The standard InChI is InChI=1S/C25H38N4O4/c1-4-26-25(32)29-16-8-11-21(27-23(30)24(31)28(2)3)22(29)17-33-20-14-12-19(13-15-20)18-9-6-5-7-10-18/h5-7,9-10,19-22H,4,8,11-17H2,1-3H3,(H,26,32)(H,27,30)/t19-,20+,21?,22?. The molecule has 2 N–H and O–H groups in total. The molecular formula is C25H38N4O4. The number of likely N-dealkylation sites (N-methyl/N-ethyl adjacent to an activating group) is 1. The van der Waals surface area contributed by atoms with Gasteiger partial charge in [0.15, 0.2) is 0 Å². The predicted molar refractivity (Wildman–Crippen MR) is 127 cm³/mol. The Kier molecular flexibility index (Phi) is 9.11. The van der Waals surface area contributed by atoms with Gasteiger partial charge in [-0.3, -0.25) is 9.59 Å². The number of nitrogens with one attached hydrogen (secondary N) is 2. The van der Waals surface area contributed by atoms with Crippen LogP contribution in [0.15, 0.2) is 30.3 Å². The van der Waals surface area contributed by atoms with Crippen LogP contribution in [0.2, 0.25) is 0 Å². The minimum Gasteiger partial charge on any atom is -0.376 e. The quantitative estimate of drug-likeness (QED) is 0.641. The normalized spacial score (nSPS) is 25.2. The van der Waals surface area contributed by atoms with E-state index in [1.807, 2.05) is 13.0 Å². The van der Waals surface area contributed by atoms with Crippen LogP contribution in [-0.4, -0.2) is 79.6 Å². The Hall–Kier alpha value is -2.61. The molecule has 1 aromatic carbocycles. The van der Waals surface area contributed by atoms with Gasteiger partial charge in [0.25, 0.3) is 0 Å². The van der Waals surface area contributed by atoms with Gasteiger partial charge < -0.3 is 25.2 Å². The van der Waals surface area contributed by atoms with Crippen LogP contribution in [0, 0.1) is 0 Å². The van der Waals surface area contributed by atoms with Crippen LogP contribution in [0.5, 0.6) is 0 Å². The van der Waals surface area contributed by atoms with Crippen molar-refractivity contribution >= 4 is 17.8 Å². The molecular weight excluding hydrogens is 420 g/mol. The smallest absolute Gasteiger partial charge is 0.317 e. The molecule has 2 atom stereocenters. The maximum Gasteiger partial charge on any atom is 0.317 e. The zero-order chi connectivity index (χ0) is 23.8. The van der Waals surface area contributed by atoms with Gasteiger partial charge in [0.1, 0.15) is 0 Å². The second-order valence-electron chi connectivity index (χ2n) is 9.24. The van der Waals surface area contributed by atoms with Gasteiger partial charge in [-0.1, -0.05) is 30.3 Å². The number of hydrogen-bond donors (Lipinski definition) is 2. The highest BCUT2D eigenvalue weighted by molar-refractivity contribution is 6.34. The Morgan fingerprint density at radius 3 is 2.39 bits per heavy atom. The van der Waals surface area contributed by atoms with Crippen molar-refractivity contribution in [1.29, 1.82) is 0 Å². The summed E-state index contributed by atoms with van der Waals surface area (Å²) in [6.45, 7) is 3.36. The average Bonchev–Trinajstić information content (AvgIpc) is 2.83. The first kappa shape index (κ1) is 25.0. The summed E-state index contributed by atoms with van der Waals surface area (Å²) in [5, 5.41) is 5.73. The molecule has 4 amide bonds. The lowest BCUT2D eigenvalue weighted by molar-refractivity contribution is -0.145. The third-order valence-corrected chi connectivity index (χ3v) is 6.73. The number of amides is 4. The molecule has 8 heteroatoms. The molecule has 0 spiro atoms. The Morgan fingerprint density at radius 1 is 1.06 bits per heavy atom. The average molecular weight is 459 g/mol. The van der Waals surface area contributed by atoms with E-state index in [1.165, 1.54) is 10.5 Å². The molecule has 8 nitrogen and oxygen atoms in total. The lowest BCUT2D eigenvalue weighted by Crippen LogP contribution is -2.62. The van der Waals surface area contributed by atoms with Gasteiger partial charge in [0, 0.05) is 27.2 Å². The highest BCUT2D eigenvalue weighted by atomic mass is 16.5. The first-order valence-electron chi connectivity index (χ1n) is 12.1. The lowest BCUT2D eigenvalue weighted by Gasteiger charge is -2.42. The fourth-order valence-electron chi connectivity index (χ4n) is 4.89. The number of hydrogen-bond acceptors (Lipinski definition) is 4. The van der Waals surface area contributed by atoms with Crippen molar-refractivity contribution in [3.05, 3.63) is 35.9 Å². The fourth-order valence-corrected chi connectivity index (χ4v) is 4.89. The van der Waals surface area contributed by atoms with E-state index >= 15 is 0 Å². The Bertz CT molecular complexity index is 793. The monoisotopic (exact) mass is 458 g/mol. The Labute approximate surface area is 197 Å². The number of benzene rings is 1. The second-order valence-corrected chi connectivity index (χ2v) is 9.24. The summed E-state index contributed by atoms with van der Waals surface area (Å²) in [4.78, 5) is 40.2. The van der Waals surface area contributed by atoms with Crippen LogP contribution in [0.3, 0.4) is 0 Å². The van der Waals surface area contributed by atoms with E-state index in [-0.39, 0.29) is 24.2 Å². The minimum atomic E-state index is -0.642. The number of ether oxygens (including phenoxy) is 1. The van der Waals surface area contributed by atoms with Gasteiger partial charge in [-0.05, 0) is 56.9 Å². The first-order chi connectivity index (χ1) is 15.9. The number of rotatable bonds is 6. The van der Waals surface area contributed by atoms with Gasteiger partial charge in [0.2, 0.25) is 0 Å². The molecule has 1 saturated carbocycles. The summed E-state index contributed by atoms with van der Waals surface area (Å²) in [5.74, 6) is -0.670. The van der Waals surface area contributed by atoms with E-state index in [4.69, 9.17) is 4.74 Å². The molecule has 182 valence electrons. The molecule has 3 rings (SSSR count).